The molecule has 1 N–H and O–H groups in total. The van der Waals surface area contributed by atoms with Gasteiger partial charge in [-0.3, -0.25) is 0 Å². The SMILES string of the molecule is CC1(C)Cc2nc(-c3cccc(Cl)c3F)sc2C(O)C1. The number of aromatic nitrogens is 1. The molecule has 0 bridgehead atoms. The van der Waals surface area contributed by atoms with Crippen molar-refractivity contribution in [2.75, 3.05) is 0 Å². The van der Waals surface area contributed by atoms with E-state index in [1.807, 2.05) is 0 Å². The van der Waals surface area contributed by atoms with Crippen LogP contribution in [0.5, 0.6) is 0 Å². The summed E-state index contributed by atoms with van der Waals surface area (Å²) in [5.74, 6) is -0.450. The number of rotatable bonds is 1. The number of nitrogens with zero attached hydrogens (tertiary/aromatic N) is 1. The average molecular weight is 312 g/mol. The Kier molecular flexibility index (Phi) is 3.35. The predicted octanol–water partition coefficient (Wildman–Crippen LogP) is 4.61. The van der Waals surface area contributed by atoms with E-state index in [-0.39, 0.29) is 10.4 Å². The standard InChI is InChI=1S/C15H15ClFNOS/c1-15(2)6-10-13(11(19)7-15)20-14(18-10)8-4-3-5-9(16)12(8)17/h3-5,11,19H,6-7H2,1-2H3. The summed E-state index contributed by atoms with van der Waals surface area (Å²) in [5.41, 5.74) is 1.31. The summed E-state index contributed by atoms with van der Waals surface area (Å²) in [4.78, 5) is 5.39. The van der Waals surface area contributed by atoms with Crippen molar-refractivity contribution in [1.29, 1.82) is 0 Å². The van der Waals surface area contributed by atoms with Gasteiger partial charge in [0, 0.05) is 5.56 Å². The van der Waals surface area contributed by atoms with Crippen molar-refractivity contribution in [3.8, 4) is 10.6 Å². The molecule has 0 saturated heterocycles. The number of fused-ring (bicyclic) bond motifs is 1. The van der Waals surface area contributed by atoms with Crippen LogP contribution in [-0.4, -0.2) is 10.1 Å². The highest BCUT2D eigenvalue weighted by Crippen LogP contribution is 2.45. The van der Waals surface area contributed by atoms with Gasteiger partial charge in [-0.2, -0.15) is 0 Å². The second-order valence-corrected chi connectivity index (χ2v) is 7.43. The molecule has 2 nitrogen and oxygen atoms in total. The Morgan fingerprint density at radius 1 is 1.45 bits per heavy atom. The van der Waals surface area contributed by atoms with E-state index < -0.39 is 11.9 Å². The van der Waals surface area contributed by atoms with Crippen molar-refractivity contribution < 1.29 is 9.50 Å². The van der Waals surface area contributed by atoms with Gasteiger partial charge in [0.2, 0.25) is 0 Å². The van der Waals surface area contributed by atoms with E-state index in [4.69, 9.17) is 11.6 Å². The van der Waals surface area contributed by atoms with Crippen molar-refractivity contribution >= 4 is 22.9 Å². The highest BCUT2D eigenvalue weighted by atomic mass is 35.5. The quantitative estimate of drug-likeness (QED) is 0.834. The molecule has 2 aromatic rings. The third-order valence-electron chi connectivity index (χ3n) is 3.60. The lowest BCUT2D eigenvalue weighted by Crippen LogP contribution is -2.24. The molecule has 0 spiro atoms. The van der Waals surface area contributed by atoms with E-state index in [9.17, 15) is 9.50 Å². The lowest BCUT2D eigenvalue weighted by molar-refractivity contribution is 0.102. The number of benzene rings is 1. The zero-order chi connectivity index (χ0) is 14.5. The second kappa shape index (κ2) is 4.79. The number of hydrogen-bond donors (Lipinski definition) is 1. The van der Waals surface area contributed by atoms with Crippen LogP contribution in [0.25, 0.3) is 10.6 Å². The largest absolute Gasteiger partial charge is 0.387 e. The van der Waals surface area contributed by atoms with Crippen LogP contribution in [0.2, 0.25) is 5.02 Å². The molecule has 3 rings (SSSR count). The number of aliphatic hydroxyl groups is 1. The second-order valence-electron chi connectivity index (χ2n) is 5.99. The van der Waals surface area contributed by atoms with Gasteiger partial charge in [-0.15, -0.1) is 11.3 Å². The normalized spacial score (nSPS) is 20.8. The lowest BCUT2D eigenvalue weighted by atomic mass is 9.77. The molecule has 5 heteroatoms. The Morgan fingerprint density at radius 3 is 2.95 bits per heavy atom. The van der Waals surface area contributed by atoms with Crippen molar-refractivity contribution in [2.45, 2.75) is 32.8 Å². The summed E-state index contributed by atoms with van der Waals surface area (Å²) >= 11 is 7.18. The summed E-state index contributed by atoms with van der Waals surface area (Å²) in [6.45, 7) is 4.22. The number of thiazole rings is 1. The first-order chi connectivity index (χ1) is 9.37. The molecule has 1 aromatic heterocycles. The van der Waals surface area contributed by atoms with Crippen LogP contribution in [-0.2, 0) is 6.42 Å². The van der Waals surface area contributed by atoms with Crippen molar-refractivity contribution in [3.63, 3.8) is 0 Å². The van der Waals surface area contributed by atoms with E-state index in [0.717, 1.165) is 17.0 Å². The summed E-state index contributed by atoms with van der Waals surface area (Å²) in [7, 11) is 0. The van der Waals surface area contributed by atoms with E-state index in [0.29, 0.717) is 17.0 Å². The minimum absolute atomic E-state index is 0.0185. The van der Waals surface area contributed by atoms with Gasteiger partial charge in [0.25, 0.3) is 0 Å². The maximum absolute atomic E-state index is 14.1. The van der Waals surface area contributed by atoms with Gasteiger partial charge in [-0.1, -0.05) is 31.5 Å². The molecule has 1 aliphatic carbocycles. The molecule has 1 aliphatic rings. The Balaban J connectivity index is 2.08. The maximum Gasteiger partial charge on any atom is 0.152 e. The predicted molar refractivity (Wildman–Crippen MR) is 79.6 cm³/mol. The molecule has 1 unspecified atom stereocenters. The highest BCUT2D eigenvalue weighted by molar-refractivity contribution is 7.15. The fourth-order valence-electron chi connectivity index (χ4n) is 2.68. The van der Waals surface area contributed by atoms with Crippen molar-refractivity contribution in [3.05, 3.63) is 39.6 Å². The van der Waals surface area contributed by atoms with Gasteiger partial charge in [0.1, 0.15) is 5.01 Å². The Labute approximate surface area is 126 Å². The number of aliphatic hydroxyl groups excluding tert-OH is 1. The van der Waals surface area contributed by atoms with E-state index in [1.54, 1.807) is 12.1 Å². The molecule has 0 aliphatic heterocycles. The van der Waals surface area contributed by atoms with Crippen LogP contribution in [0.3, 0.4) is 0 Å². The van der Waals surface area contributed by atoms with E-state index in [2.05, 4.69) is 18.8 Å². The van der Waals surface area contributed by atoms with Gasteiger partial charge in [0.05, 0.1) is 21.7 Å². The molecule has 0 radical (unpaired) electrons. The monoisotopic (exact) mass is 311 g/mol. The Bertz CT molecular complexity index is 668. The molecule has 20 heavy (non-hydrogen) atoms. The third-order valence-corrected chi connectivity index (χ3v) is 5.13. The third kappa shape index (κ3) is 2.36. The molecule has 1 aromatic carbocycles. The zero-order valence-electron chi connectivity index (χ0n) is 11.3. The van der Waals surface area contributed by atoms with Gasteiger partial charge in [0.15, 0.2) is 5.82 Å². The molecular weight excluding hydrogens is 297 g/mol. The maximum atomic E-state index is 14.1. The zero-order valence-corrected chi connectivity index (χ0v) is 12.9. The van der Waals surface area contributed by atoms with E-state index >= 15 is 0 Å². The van der Waals surface area contributed by atoms with Gasteiger partial charge in [-0.25, -0.2) is 9.37 Å². The fraction of sp³-hybridized carbons (Fsp3) is 0.400. The Hall–Kier alpha value is -0.970. The Morgan fingerprint density at radius 2 is 2.20 bits per heavy atom. The first kappa shape index (κ1) is 14.0. The molecular formula is C15H15ClFNOS. The number of hydrogen-bond acceptors (Lipinski definition) is 3. The summed E-state index contributed by atoms with van der Waals surface area (Å²) in [5, 5.41) is 10.9. The van der Waals surface area contributed by atoms with Crippen molar-refractivity contribution in [1.82, 2.24) is 4.98 Å². The molecule has 106 valence electrons. The van der Waals surface area contributed by atoms with Crippen LogP contribution >= 0.6 is 22.9 Å². The fourth-order valence-corrected chi connectivity index (χ4v) is 3.94. The minimum Gasteiger partial charge on any atom is -0.387 e. The average Bonchev–Trinajstić information content (AvgIpc) is 2.75. The van der Waals surface area contributed by atoms with E-state index in [1.165, 1.54) is 17.4 Å². The van der Waals surface area contributed by atoms with Crippen LogP contribution in [0.15, 0.2) is 18.2 Å². The van der Waals surface area contributed by atoms with Crippen molar-refractivity contribution in [2.24, 2.45) is 5.41 Å². The van der Waals surface area contributed by atoms with Crippen LogP contribution in [0, 0.1) is 11.2 Å². The summed E-state index contributed by atoms with van der Waals surface area (Å²) in [6.07, 6.45) is 1.000. The highest BCUT2D eigenvalue weighted by Gasteiger charge is 2.34. The summed E-state index contributed by atoms with van der Waals surface area (Å²) < 4.78 is 14.1. The molecule has 0 fully saturated rings. The molecule has 1 atom stereocenters. The summed E-state index contributed by atoms with van der Waals surface area (Å²) in [6, 6.07) is 4.90. The number of halogens is 2. The minimum atomic E-state index is -0.512. The smallest absolute Gasteiger partial charge is 0.152 e. The molecule has 0 amide bonds. The first-order valence-corrected chi connectivity index (χ1v) is 7.69. The topological polar surface area (TPSA) is 33.1 Å². The lowest BCUT2D eigenvalue weighted by Gasteiger charge is -2.31. The van der Waals surface area contributed by atoms with Crippen LogP contribution in [0.1, 0.15) is 36.9 Å². The van der Waals surface area contributed by atoms with Gasteiger partial charge >= 0.3 is 0 Å². The van der Waals surface area contributed by atoms with Gasteiger partial charge in [-0.05, 0) is 30.4 Å². The van der Waals surface area contributed by atoms with Crippen LogP contribution in [0.4, 0.5) is 4.39 Å². The van der Waals surface area contributed by atoms with Gasteiger partial charge < -0.3 is 5.11 Å². The molecule has 0 saturated carbocycles. The molecule has 1 heterocycles. The first-order valence-electron chi connectivity index (χ1n) is 6.49. The van der Waals surface area contributed by atoms with Crippen LogP contribution < -0.4 is 0 Å².